The van der Waals surface area contributed by atoms with Crippen molar-refractivity contribution in [3.05, 3.63) is 29.8 Å². The largest absolute Gasteiger partial charge is 0.348 e. The molecule has 1 aromatic carbocycles. The molecule has 4 N–H and O–H groups in total. The molecule has 9 heteroatoms. The van der Waals surface area contributed by atoms with Crippen LogP contribution in [0.1, 0.15) is 18.4 Å². The number of aryl methyl sites for hydroxylation is 1. The van der Waals surface area contributed by atoms with Gasteiger partial charge < -0.3 is 10.6 Å². The van der Waals surface area contributed by atoms with Crippen molar-refractivity contribution < 1.29 is 14.4 Å². The normalized spacial score (nSPS) is 22.5. The monoisotopic (exact) mass is 370 g/mol. The fraction of sp³-hybridized carbons (Fsp3) is 0.389. The predicted octanol–water partition coefficient (Wildman–Crippen LogP) is 0.568. The van der Waals surface area contributed by atoms with Gasteiger partial charge in [0, 0.05) is 7.05 Å². The topological polar surface area (TPSA) is 124 Å². The van der Waals surface area contributed by atoms with Gasteiger partial charge in [-0.25, -0.2) is 4.79 Å². The van der Waals surface area contributed by atoms with Gasteiger partial charge in [0.15, 0.2) is 5.71 Å². The van der Waals surface area contributed by atoms with E-state index < -0.39 is 23.4 Å². The smallest absolute Gasteiger partial charge is 0.322 e. The molecule has 2 aliphatic rings. The minimum absolute atomic E-state index is 0.00478. The molecule has 1 saturated heterocycles. The molecule has 1 heterocycles. The highest BCUT2D eigenvalue weighted by Crippen LogP contribution is 2.40. The zero-order valence-electron chi connectivity index (χ0n) is 15.2. The maximum atomic E-state index is 12.5. The quantitative estimate of drug-likeness (QED) is 0.318. The molecule has 2 fully saturated rings. The summed E-state index contributed by atoms with van der Waals surface area (Å²) in [6, 6.07) is 7.00. The zero-order chi connectivity index (χ0) is 19.4. The Morgan fingerprint density at radius 1 is 1.30 bits per heavy atom. The Kier molecular flexibility index (Phi) is 5.20. The van der Waals surface area contributed by atoms with Crippen LogP contribution in [0.4, 0.5) is 10.5 Å². The molecule has 27 heavy (non-hydrogen) atoms. The third kappa shape index (κ3) is 4.13. The van der Waals surface area contributed by atoms with Crippen LogP contribution in [0, 0.1) is 12.8 Å². The molecule has 4 amide bonds. The Balaban J connectivity index is 1.68. The summed E-state index contributed by atoms with van der Waals surface area (Å²) in [5.41, 5.74) is 3.62. The number of rotatable bonds is 7. The van der Waals surface area contributed by atoms with Gasteiger partial charge in [0.1, 0.15) is 5.54 Å². The molecule has 0 unspecified atom stereocenters. The molecule has 9 nitrogen and oxygen atoms in total. The van der Waals surface area contributed by atoms with E-state index in [-0.39, 0.29) is 18.2 Å². The second-order valence-corrected chi connectivity index (χ2v) is 6.70. The van der Waals surface area contributed by atoms with Crippen molar-refractivity contribution in [3.8, 4) is 0 Å². The molecule has 0 radical (unpaired) electrons. The van der Waals surface area contributed by atoms with Gasteiger partial charge in [-0.2, -0.15) is 5.10 Å². The van der Waals surface area contributed by atoms with E-state index in [0.717, 1.165) is 24.1 Å². The van der Waals surface area contributed by atoms with E-state index in [1.165, 1.54) is 13.3 Å². The summed E-state index contributed by atoms with van der Waals surface area (Å²) in [6.07, 6.45) is 2.99. The molecule has 142 valence electrons. The van der Waals surface area contributed by atoms with Crippen LogP contribution in [-0.2, 0) is 9.59 Å². The maximum Gasteiger partial charge on any atom is 0.322 e. The van der Waals surface area contributed by atoms with E-state index in [1.807, 2.05) is 31.2 Å². The summed E-state index contributed by atoms with van der Waals surface area (Å²) >= 11 is 0. The third-order valence-electron chi connectivity index (χ3n) is 4.61. The van der Waals surface area contributed by atoms with E-state index >= 15 is 0 Å². The Bertz CT molecular complexity index is 813. The van der Waals surface area contributed by atoms with Crippen LogP contribution < -0.4 is 21.4 Å². The first-order valence-corrected chi connectivity index (χ1v) is 8.69. The predicted molar refractivity (Wildman–Crippen MR) is 102 cm³/mol. The van der Waals surface area contributed by atoms with Crippen LogP contribution in [-0.4, -0.2) is 48.9 Å². The third-order valence-corrected chi connectivity index (χ3v) is 4.61. The van der Waals surface area contributed by atoms with Gasteiger partial charge in [-0.1, -0.05) is 17.7 Å². The lowest BCUT2D eigenvalue weighted by Gasteiger charge is -2.26. The summed E-state index contributed by atoms with van der Waals surface area (Å²) in [6.45, 7) is 1.97. The van der Waals surface area contributed by atoms with Crippen LogP contribution in [0.15, 0.2) is 34.4 Å². The molecule has 1 aromatic rings. The number of hydrazone groups is 1. The van der Waals surface area contributed by atoms with Crippen LogP contribution in [0.5, 0.6) is 0 Å². The van der Waals surface area contributed by atoms with Gasteiger partial charge >= 0.3 is 6.03 Å². The number of benzene rings is 1. The van der Waals surface area contributed by atoms with Gasteiger partial charge in [-0.05, 0) is 37.8 Å². The van der Waals surface area contributed by atoms with Crippen LogP contribution in [0.25, 0.3) is 0 Å². The summed E-state index contributed by atoms with van der Waals surface area (Å²) in [5, 5.41) is 11.7. The van der Waals surface area contributed by atoms with E-state index in [4.69, 9.17) is 0 Å². The van der Waals surface area contributed by atoms with Crippen molar-refractivity contribution in [1.82, 2.24) is 16.0 Å². The lowest BCUT2D eigenvalue weighted by Crippen LogP contribution is -2.57. The fourth-order valence-electron chi connectivity index (χ4n) is 2.96. The first-order chi connectivity index (χ1) is 12.9. The number of imide groups is 1. The average Bonchev–Trinajstić information content (AvgIpc) is 3.44. The highest BCUT2D eigenvalue weighted by Gasteiger charge is 2.56. The van der Waals surface area contributed by atoms with E-state index in [9.17, 15) is 14.4 Å². The van der Waals surface area contributed by atoms with Crippen LogP contribution in [0.3, 0.4) is 0 Å². The molecule has 3 rings (SSSR count). The minimum Gasteiger partial charge on any atom is -0.348 e. The molecule has 0 aromatic heterocycles. The number of carbonyl (C=O) groups is 3. The summed E-state index contributed by atoms with van der Waals surface area (Å²) < 4.78 is 0. The van der Waals surface area contributed by atoms with Crippen molar-refractivity contribution in [3.63, 3.8) is 0 Å². The molecular formula is C18H22N6O3. The number of hydrogen-bond donors (Lipinski definition) is 4. The number of nitrogens with zero attached hydrogens (tertiary/aromatic N) is 2. The first-order valence-electron chi connectivity index (χ1n) is 8.69. The van der Waals surface area contributed by atoms with Crippen LogP contribution >= 0.6 is 0 Å². The minimum atomic E-state index is -1.09. The average molecular weight is 370 g/mol. The SMILES string of the molecule is C/N=C\C(=N/Nc1ccc(C)cc1)C(=O)NC[C@@]1(C2CC2)NC(=O)NC1=O. The molecule has 1 aliphatic heterocycles. The number of nitrogens with one attached hydrogen (secondary N) is 4. The second-order valence-electron chi connectivity index (χ2n) is 6.70. The Morgan fingerprint density at radius 3 is 2.56 bits per heavy atom. The van der Waals surface area contributed by atoms with Crippen molar-refractivity contribution in [1.29, 1.82) is 0 Å². The van der Waals surface area contributed by atoms with E-state index in [2.05, 4.69) is 31.5 Å². The van der Waals surface area contributed by atoms with Gasteiger partial charge in [-0.3, -0.25) is 25.3 Å². The van der Waals surface area contributed by atoms with E-state index in [0.29, 0.717) is 0 Å². The standard InChI is InChI=1S/C18H22N6O3/c1-11-3-7-13(8-4-11)23-24-14(9-19-2)15(25)20-10-18(12-5-6-12)16(26)21-17(27)22-18/h3-4,7-9,12,23H,5-6,10H2,1-2H3,(H,20,25)(H2,21,22,26,27)/b19-9-,24-14+/t18-/m0/s1. The number of hydrogen-bond acceptors (Lipinski definition) is 6. The number of urea groups is 1. The maximum absolute atomic E-state index is 12.5. The molecule has 1 saturated carbocycles. The van der Waals surface area contributed by atoms with Gasteiger partial charge in [0.25, 0.3) is 11.8 Å². The Labute approximate surface area is 156 Å². The highest BCUT2D eigenvalue weighted by molar-refractivity contribution is 6.60. The Morgan fingerprint density at radius 2 is 2.00 bits per heavy atom. The number of anilines is 1. The number of aliphatic imine (C=N–C) groups is 1. The summed E-state index contributed by atoms with van der Waals surface area (Å²) in [5.74, 6) is -0.875. The van der Waals surface area contributed by atoms with Crippen molar-refractivity contribution in [2.24, 2.45) is 16.0 Å². The Hall–Kier alpha value is -3.23. The summed E-state index contributed by atoms with van der Waals surface area (Å²) in [4.78, 5) is 40.1. The number of carbonyl (C=O) groups excluding carboxylic acids is 3. The second kappa shape index (κ2) is 7.56. The molecular weight excluding hydrogens is 348 g/mol. The molecule has 1 atom stereocenters. The molecule has 0 bridgehead atoms. The lowest BCUT2D eigenvalue weighted by atomic mass is 9.93. The van der Waals surface area contributed by atoms with Crippen molar-refractivity contribution >= 4 is 35.5 Å². The first kappa shape index (κ1) is 18.6. The van der Waals surface area contributed by atoms with Gasteiger partial charge in [0.2, 0.25) is 0 Å². The van der Waals surface area contributed by atoms with Crippen molar-refractivity contribution in [2.45, 2.75) is 25.3 Å². The van der Waals surface area contributed by atoms with Gasteiger partial charge in [-0.15, -0.1) is 0 Å². The highest BCUT2D eigenvalue weighted by atomic mass is 16.2. The number of amides is 4. The lowest BCUT2D eigenvalue weighted by molar-refractivity contribution is -0.125. The summed E-state index contributed by atoms with van der Waals surface area (Å²) in [7, 11) is 1.53. The van der Waals surface area contributed by atoms with Crippen molar-refractivity contribution in [2.75, 3.05) is 19.0 Å². The van der Waals surface area contributed by atoms with Gasteiger partial charge in [0.05, 0.1) is 18.4 Å². The molecule has 1 aliphatic carbocycles. The fourth-order valence-corrected chi connectivity index (χ4v) is 2.96. The zero-order valence-corrected chi connectivity index (χ0v) is 15.2. The van der Waals surface area contributed by atoms with E-state index in [1.54, 1.807) is 0 Å². The van der Waals surface area contributed by atoms with Crippen LogP contribution in [0.2, 0.25) is 0 Å². The molecule has 0 spiro atoms.